The molecule has 0 bridgehead atoms. The van der Waals surface area contributed by atoms with Crippen LogP contribution in [0.3, 0.4) is 0 Å². The van der Waals surface area contributed by atoms with Crippen molar-refractivity contribution in [1.82, 2.24) is 0 Å². The summed E-state index contributed by atoms with van der Waals surface area (Å²) in [5, 5.41) is 63.9. The van der Waals surface area contributed by atoms with Gasteiger partial charge in [-0.1, -0.05) is 6.92 Å². The molecule has 0 aliphatic heterocycles. The molecular weight excluding hydrogens is 220 g/mol. The molecule has 0 aliphatic carbocycles. The minimum atomic E-state index is -1.89. The summed E-state index contributed by atoms with van der Waals surface area (Å²) in [5.41, 5.74) is 0. The highest BCUT2D eigenvalue weighted by Gasteiger charge is 2.36. The fraction of sp³-hybridized carbons (Fsp3) is 0.889. The van der Waals surface area contributed by atoms with E-state index in [1.54, 1.807) is 0 Å². The van der Waals surface area contributed by atoms with Crippen LogP contribution in [0.1, 0.15) is 6.42 Å². The zero-order valence-corrected chi connectivity index (χ0v) is 8.72. The van der Waals surface area contributed by atoms with E-state index in [2.05, 4.69) is 6.92 Å². The number of hydrogen-bond donors (Lipinski definition) is 7. The van der Waals surface area contributed by atoms with Gasteiger partial charge in [-0.05, 0) is 6.42 Å². The molecule has 0 rings (SSSR count). The lowest BCUT2D eigenvalue weighted by Crippen LogP contribution is -2.52. The first-order chi connectivity index (χ1) is 7.36. The Hall–Kier alpha value is -0.280. The van der Waals surface area contributed by atoms with Crippen LogP contribution in [0, 0.1) is 6.92 Å². The summed E-state index contributed by atoms with van der Waals surface area (Å²) < 4.78 is 0. The molecule has 0 aromatic rings. The van der Waals surface area contributed by atoms with Crippen LogP contribution < -0.4 is 0 Å². The van der Waals surface area contributed by atoms with Crippen molar-refractivity contribution in [2.75, 3.05) is 6.61 Å². The largest absolute Gasteiger partial charge is 0.394 e. The third-order valence-electron chi connectivity index (χ3n) is 2.32. The second-order valence-corrected chi connectivity index (χ2v) is 3.57. The molecule has 0 aromatic carbocycles. The van der Waals surface area contributed by atoms with Gasteiger partial charge in [-0.25, -0.2) is 0 Å². The van der Waals surface area contributed by atoms with E-state index in [1.807, 2.05) is 0 Å². The second-order valence-electron chi connectivity index (χ2n) is 3.57. The normalized spacial score (nSPS) is 23.2. The summed E-state index contributed by atoms with van der Waals surface area (Å²) >= 11 is 0. The molecule has 2 unspecified atom stereocenters. The van der Waals surface area contributed by atoms with E-state index in [0.717, 1.165) is 0 Å². The highest BCUT2D eigenvalue weighted by Crippen LogP contribution is 2.12. The highest BCUT2D eigenvalue weighted by atomic mass is 16.4. The molecule has 7 heteroatoms. The Morgan fingerprint density at radius 2 is 1.06 bits per heavy atom. The molecule has 16 heavy (non-hydrogen) atoms. The van der Waals surface area contributed by atoms with Gasteiger partial charge >= 0.3 is 0 Å². The molecule has 7 N–H and O–H groups in total. The molecule has 1 radical (unpaired) electrons. The maximum atomic E-state index is 9.36. The van der Waals surface area contributed by atoms with E-state index in [-0.39, 0.29) is 6.42 Å². The van der Waals surface area contributed by atoms with E-state index in [1.165, 1.54) is 0 Å². The molecule has 0 saturated heterocycles. The fourth-order valence-corrected chi connectivity index (χ4v) is 1.14. The average molecular weight is 239 g/mol. The molecule has 0 spiro atoms. The van der Waals surface area contributed by atoms with Gasteiger partial charge in [-0.3, -0.25) is 0 Å². The Bertz CT molecular complexity index is 169. The summed E-state index contributed by atoms with van der Waals surface area (Å²) in [6, 6.07) is 0. The molecule has 0 saturated carbocycles. The van der Waals surface area contributed by atoms with E-state index in [4.69, 9.17) is 15.3 Å². The Balaban J connectivity index is 4.41. The summed E-state index contributed by atoms with van der Waals surface area (Å²) in [6.45, 7) is 2.48. The summed E-state index contributed by atoms with van der Waals surface area (Å²) in [5.74, 6) is 0. The lowest BCUT2D eigenvalue weighted by molar-refractivity contribution is -0.157. The first kappa shape index (κ1) is 15.7. The van der Waals surface area contributed by atoms with E-state index in [0.29, 0.717) is 0 Å². The van der Waals surface area contributed by atoms with Gasteiger partial charge in [0.2, 0.25) is 0 Å². The minimum absolute atomic E-state index is 0.0937. The summed E-state index contributed by atoms with van der Waals surface area (Å²) in [4.78, 5) is 0. The first-order valence-corrected chi connectivity index (χ1v) is 4.85. The van der Waals surface area contributed by atoms with Crippen LogP contribution in [0.5, 0.6) is 0 Å². The number of hydrogen-bond acceptors (Lipinski definition) is 7. The Kier molecular flexibility index (Phi) is 7.00. The van der Waals surface area contributed by atoms with E-state index in [9.17, 15) is 20.4 Å². The summed E-state index contributed by atoms with van der Waals surface area (Å²) in [6.07, 6.45) is -10.4. The third-order valence-corrected chi connectivity index (χ3v) is 2.32. The van der Waals surface area contributed by atoms with E-state index < -0.39 is 43.2 Å². The first-order valence-electron chi connectivity index (χ1n) is 4.85. The van der Waals surface area contributed by atoms with Gasteiger partial charge < -0.3 is 35.7 Å². The van der Waals surface area contributed by atoms with Crippen LogP contribution in [0.25, 0.3) is 0 Å². The predicted octanol–water partition coefficient (Wildman–Crippen LogP) is -3.63. The topological polar surface area (TPSA) is 142 Å². The van der Waals surface area contributed by atoms with Gasteiger partial charge in [0.25, 0.3) is 0 Å². The number of rotatable bonds is 7. The molecule has 7 nitrogen and oxygen atoms in total. The lowest BCUT2D eigenvalue weighted by atomic mass is 9.96. The Morgan fingerprint density at radius 3 is 1.38 bits per heavy atom. The SMILES string of the molecule is [CH2]CC(O)C(O)[C@H](O)[C@@H](O)[C@H](O)[C@H](O)CO. The molecule has 0 aliphatic rings. The molecule has 0 aromatic heterocycles. The lowest BCUT2D eigenvalue weighted by Gasteiger charge is -2.30. The van der Waals surface area contributed by atoms with Gasteiger partial charge in [0.05, 0.1) is 12.7 Å². The molecule has 97 valence electrons. The van der Waals surface area contributed by atoms with Crippen molar-refractivity contribution in [1.29, 1.82) is 0 Å². The van der Waals surface area contributed by atoms with Crippen LogP contribution in [0.4, 0.5) is 0 Å². The van der Waals surface area contributed by atoms with Crippen LogP contribution in [0.2, 0.25) is 0 Å². The van der Waals surface area contributed by atoms with Gasteiger partial charge in [0.15, 0.2) is 0 Å². The standard InChI is InChI=1S/C9H19O7/c1-2-4(11)6(13)8(15)9(16)7(14)5(12)3-10/h4-16H,1-3H2/t4?,5-,6?,7-,8+,9+/m1/s1. The second kappa shape index (κ2) is 7.13. The fourth-order valence-electron chi connectivity index (χ4n) is 1.14. The minimum Gasteiger partial charge on any atom is -0.394 e. The predicted molar refractivity (Wildman–Crippen MR) is 53.1 cm³/mol. The van der Waals surface area contributed by atoms with Gasteiger partial charge in [-0.2, -0.15) is 0 Å². The molecule has 0 heterocycles. The maximum absolute atomic E-state index is 9.36. The number of aliphatic hydroxyl groups excluding tert-OH is 7. The van der Waals surface area contributed by atoms with Crippen molar-refractivity contribution in [3.63, 3.8) is 0 Å². The summed E-state index contributed by atoms with van der Waals surface area (Å²) in [7, 11) is 0. The molecule has 0 amide bonds. The van der Waals surface area contributed by atoms with Crippen molar-refractivity contribution in [3.8, 4) is 0 Å². The van der Waals surface area contributed by atoms with E-state index >= 15 is 0 Å². The highest BCUT2D eigenvalue weighted by molar-refractivity contribution is 4.87. The Labute approximate surface area is 93.2 Å². The Morgan fingerprint density at radius 1 is 0.688 bits per heavy atom. The quantitative estimate of drug-likeness (QED) is 0.243. The van der Waals surface area contributed by atoms with Crippen LogP contribution in [-0.2, 0) is 0 Å². The van der Waals surface area contributed by atoms with Gasteiger partial charge in [0.1, 0.15) is 30.5 Å². The number of aliphatic hydroxyl groups is 7. The van der Waals surface area contributed by atoms with Gasteiger partial charge in [0, 0.05) is 0 Å². The zero-order chi connectivity index (χ0) is 12.9. The molecular formula is C9H19O7. The van der Waals surface area contributed by atoms with Crippen molar-refractivity contribution in [2.45, 2.75) is 43.0 Å². The van der Waals surface area contributed by atoms with Gasteiger partial charge in [-0.15, -0.1) is 0 Å². The molecule has 0 fully saturated rings. The molecule has 6 atom stereocenters. The van der Waals surface area contributed by atoms with Crippen LogP contribution in [0.15, 0.2) is 0 Å². The van der Waals surface area contributed by atoms with Crippen molar-refractivity contribution in [3.05, 3.63) is 6.92 Å². The van der Waals surface area contributed by atoms with Crippen LogP contribution >= 0.6 is 0 Å². The maximum Gasteiger partial charge on any atom is 0.111 e. The van der Waals surface area contributed by atoms with Crippen LogP contribution in [-0.4, -0.2) is 79.0 Å². The average Bonchev–Trinajstić information content (AvgIpc) is 2.32. The van der Waals surface area contributed by atoms with Crippen molar-refractivity contribution >= 4 is 0 Å². The van der Waals surface area contributed by atoms with Crippen molar-refractivity contribution < 1.29 is 35.7 Å². The smallest absolute Gasteiger partial charge is 0.111 e. The monoisotopic (exact) mass is 239 g/mol. The zero-order valence-electron chi connectivity index (χ0n) is 8.72. The third kappa shape index (κ3) is 3.95. The van der Waals surface area contributed by atoms with Crippen molar-refractivity contribution in [2.24, 2.45) is 0 Å².